The Kier molecular flexibility index (Phi) is 4.70. The lowest BCUT2D eigenvalue weighted by Crippen LogP contribution is -2.29. The Bertz CT molecular complexity index is 641. The summed E-state index contributed by atoms with van der Waals surface area (Å²) in [6, 6.07) is 11.1. The summed E-state index contributed by atoms with van der Waals surface area (Å²) in [6.07, 6.45) is -4.42. The Balaban J connectivity index is 2.52. The van der Waals surface area contributed by atoms with Gasteiger partial charge in [0.1, 0.15) is 0 Å². The Labute approximate surface area is 129 Å². The number of hydrogen-bond acceptors (Lipinski definition) is 2. The maximum absolute atomic E-state index is 13.0. The van der Waals surface area contributed by atoms with Crippen LogP contribution in [0.3, 0.4) is 0 Å². The molecule has 21 heavy (non-hydrogen) atoms. The van der Waals surface area contributed by atoms with Crippen LogP contribution in [0.1, 0.15) is 28.3 Å². The first kappa shape index (κ1) is 16.0. The van der Waals surface area contributed by atoms with E-state index in [4.69, 9.17) is 5.84 Å². The minimum Gasteiger partial charge on any atom is -0.271 e. The number of hydrogen-bond donors (Lipinski definition) is 2. The highest BCUT2D eigenvalue weighted by Crippen LogP contribution is 2.37. The number of aryl methyl sites for hydroxylation is 1. The van der Waals surface area contributed by atoms with E-state index in [9.17, 15) is 13.2 Å². The van der Waals surface area contributed by atoms with Crippen LogP contribution in [-0.4, -0.2) is 0 Å². The fourth-order valence-corrected chi connectivity index (χ4v) is 2.69. The van der Waals surface area contributed by atoms with Crippen molar-refractivity contribution in [3.05, 3.63) is 69.2 Å². The highest BCUT2D eigenvalue weighted by molar-refractivity contribution is 9.10. The average Bonchev–Trinajstić information content (AvgIpc) is 2.42. The topological polar surface area (TPSA) is 38.0 Å². The molecular formula is C15H14BrF3N2. The first-order chi connectivity index (χ1) is 9.84. The highest BCUT2D eigenvalue weighted by atomic mass is 79.9. The molecule has 6 heteroatoms. The van der Waals surface area contributed by atoms with Gasteiger partial charge in [0.2, 0.25) is 0 Å². The van der Waals surface area contributed by atoms with Gasteiger partial charge in [0, 0.05) is 4.47 Å². The van der Waals surface area contributed by atoms with Gasteiger partial charge in [-0.2, -0.15) is 13.2 Å². The smallest absolute Gasteiger partial charge is 0.271 e. The molecule has 2 aromatic rings. The van der Waals surface area contributed by atoms with Gasteiger partial charge in [0.15, 0.2) is 0 Å². The van der Waals surface area contributed by atoms with Gasteiger partial charge in [-0.1, -0.05) is 46.3 Å². The molecule has 0 aromatic heterocycles. The standard InChI is InChI=1S/C15H14BrF3N2/c1-9-4-2-3-5-11(9)14(21-20)10-6-7-13(16)12(8-10)15(17,18)19/h2-8,14,21H,20H2,1H3. The van der Waals surface area contributed by atoms with Crippen LogP contribution in [0.5, 0.6) is 0 Å². The number of halogens is 4. The second-order valence-corrected chi connectivity index (χ2v) is 5.55. The van der Waals surface area contributed by atoms with Crippen LogP contribution in [0.25, 0.3) is 0 Å². The van der Waals surface area contributed by atoms with E-state index in [0.717, 1.165) is 17.2 Å². The maximum Gasteiger partial charge on any atom is 0.417 e. The third-order valence-corrected chi connectivity index (χ3v) is 3.99. The molecule has 112 valence electrons. The molecule has 0 bridgehead atoms. The Morgan fingerprint density at radius 2 is 1.81 bits per heavy atom. The molecule has 2 rings (SSSR count). The van der Waals surface area contributed by atoms with Crippen molar-refractivity contribution < 1.29 is 13.2 Å². The van der Waals surface area contributed by atoms with Gasteiger partial charge in [-0.05, 0) is 35.7 Å². The van der Waals surface area contributed by atoms with Gasteiger partial charge in [0.25, 0.3) is 0 Å². The summed E-state index contributed by atoms with van der Waals surface area (Å²) in [7, 11) is 0. The molecule has 3 N–H and O–H groups in total. The highest BCUT2D eigenvalue weighted by Gasteiger charge is 2.33. The number of benzene rings is 2. The molecule has 1 unspecified atom stereocenters. The first-order valence-corrected chi connectivity index (χ1v) is 7.02. The predicted octanol–water partition coefficient (Wildman–Crippen LogP) is 4.33. The summed E-state index contributed by atoms with van der Waals surface area (Å²) in [5, 5.41) is 0. The summed E-state index contributed by atoms with van der Waals surface area (Å²) in [5.74, 6) is 5.56. The lowest BCUT2D eigenvalue weighted by atomic mass is 9.94. The second kappa shape index (κ2) is 6.17. The Morgan fingerprint density at radius 3 is 2.38 bits per heavy atom. The average molecular weight is 359 g/mol. The van der Waals surface area contributed by atoms with Gasteiger partial charge >= 0.3 is 6.18 Å². The first-order valence-electron chi connectivity index (χ1n) is 6.23. The van der Waals surface area contributed by atoms with Gasteiger partial charge in [-0.15, -0.1) is 0 Å². The van der Waals surface area contributed by atoms with Crippen molar-refractivity contribution in [2.24, 2.45) is 5.84 Å². The molecule has 0 aliphatic heterocycles. The van der Waals surface area contributed by atoms with E-state index >= 15 is 0 Å². The molecule has 0 saturated heterocycles. The van der Waals surface area contributed by atoms with Crippen molar-refractivity contribution in [1.29, 1.82) is 0 Å². The summed E-state index contributed by atoms with van der Waals surface area (Å²) in [6.45, 7) is 1.89. The van der Waals surface area contributed by atoms with Gasteiger partial charge in [-0.3, -0.25) is 5.84 Å². The number of nitrogens with one attached hydrogen (secondary N) is 1. The number of hydrazine groups is 1. The monoisotopic (exact) mass is 358 g/mol. The normalized spacial score (nSPS) is 13.2. The van der Waals surface area contributed by atoms with E-state index < -0.39 is 17.8 Å². The number of alkyl halides is 3. The minimum atomic E-state index is -4.42. The maximum atomic E-state index is 13.0. The zero-order valence-electron chi connectivity index (χ0n) is 11.2. The Morgan fingerprint density at radius 1 is 1.14 bits per heavy atom. The molecule has 0 radical (unpaired) electrons. The van der Waals surface area contributed by atoms with Crippen molar-refractivity contribution in [3.63, 3.8) is 0 Å². The lowest BCUT2D eigenvalue weighted by molar-refractivity contribution is -0.138. The number of rotatable bonds is 3. The van der Waals surface area contributed by atoms with Crippen LogP contribution in [0, 0.1) is 6.92 Å². The van der Waals surface area contributed by atoms with Crippen molar-refractivity contribution in [3.8, 4) is 0 Å². The minimum absolute atomic E-state index is 0.0132. The molecule has 0 saturated carbocycles. The summed E-state index contributed by atoms with van der Waals surface area (Å²) < 4.78 is 39.0. The summed E-state index contributed by atoms with van der Waals surface area (Å²) in [4.78, 5) is 0. The van der Waals surface area contributed by atoms with Crippen LogP contribution in [0.2, 0.25) is 0 Å². The fourth-order valence-electron chi connectivity index (χ4n) is 2.22. The van der Waals surface area contributed by atoms with E-state index in [1.54, 1.807) is 6.07 Å². The molecular weight excluding hydrogens is 345 g/mol. The molecule has 0 aliphatic rings. The largest absolute Gasteiger partial charge is 0.417 e. The van der Waals surface area contributed by atoms with E-state index in [1.165, 1.54) is 6.07 Å². The van der Waals surface area contributed by atoms with Gasteiger partial charge < -0.3 is 0 Å². The Hall–Kier alpha value is -1.37. The molecule has 0 amide bonds. The van der Waals surface area contributed by atoms with Crippen molar-refractivity contribution in [2.75, 3.05) is 0 Å². The van der Waals surface area contributed by atoms with Gasteiger partial charge in [-0.25, -0.2) is 5.43 Å². The third-order valence-electron chi connectivity index (χ3n) is 3.30. The molecule has 0 fully saturated rings. The van der Waals surface area contributed by atoms with Crippen molar-refractivity contribution >= 4 is 15.9 Å². The van der Waals surface area contributed by atoms with Crippen LogP contribution in [0.4, 0.5) is 13.2 Å². The van der Waals surface area contributed by atoms with E-state index in [-0.39, 0.29) is 4.47 Å². The quantitative estimate of drug-likeness (QED) is 0.633. The molecule has 1 atom stereocenters. The predicted molar refractivity (Wildman–Crippen MR) is 79.5 cm³/mol. The SMILES string of the molecule is Cc1ccccc1C(NN)c1ccc(Br)c(C(F)(F)F)c1. The zero-order valence-corrected chi connectivity index (χ0v) is 12.8. The second-order valence-electron chi connectivity index (χ2n) is 4.69. The lowest BCUT2D eigenvalue weighted by Gasteiger charge is -2.20. The molecule has 2 aromatic carbocycles. The van der Waals surface area contributed by atoms with Crippen LogP contribution in [-0.2, 0) is 6.18 Å². The van der Waals surface area contributed by atoms with Crippen LogP contribution in [0.15, 0.2) is 46.9 Å². The van der Waals surface area contributed by atoms with E-state index in [0.29, 0.717) is 5.56 Å². The van der Waals surface area contributed by atoms with Gasteiger partial charge in [0.05, 0.1) is 11.6 Å². The van der Waals surface area contributed by atoms with Crippen LogP contribution >= 0.6 is 15.9 Å². The van der Waals surface area contributed by atoms with E-state index in [2.05, 4.69) is 21.4 Å². The fraction of sp³-hybridized carbons (Fsp3) is 0.200. The van der Waals surface area contributed by atoms with E-state index in [1.807, 2.05) is 31.2 Å². The third kappa shape index (κ3) is 3.45. The zero-order chi connectivity index (χ0) is 15.6. The molecule has 2 nitrogen and oxygen atoms in total. The van der Waals surface area contributed by atoms with Crippen LogP contribution < -0.4 is 11.3 Å². The van der Waals surface area contributed by atoms with Crippen molar-refractivity contribution in [1.82, 2.24) is 5.43 Å². The van der Waals surface area contributed by atoms with Crippen molar-refractivity contribution in [2.45, 2.75) is 19.1 Å². The molecule has 0 aliphatic carbocycles. The molecule has 0 heterocycles. The summed E-state index contributed by atoms with van der Waals surface area (Å²) in [5.41, 5.74) is 4.14. The summed E-state index contributed by atoms with van der Waals surface area (Å²) >= 11 is 2.94. The number of nitrogens with two attached hydrogens (primary N) is 1. The molecule has 0 spiro atoms.